The summed E-state index contributed by atoms with van der Waals surface area (Å²) < 4.78 is 7.26. The van der Waals surface area contributed by atoms with Gasteiger partial charge >= 0.3 is 0 Å². The molecule has 0 spiro atoms. The predicted molar refractivity (Wildman–Crippen MR) is 137 cm³/mol. The number of imidazole rings is 1. The summed E-state index contributed by atoms with van der Waals surface area (Å²) in [5, 5.41) is 10.3. The summed E-state index contributed by atoms with van der Waals surface area (Å²) in [5.41, 5.74) is 4.17. The van der Waals surface area contributed by atoms with Crippen molar-refractivity contribution in [2.75, 3.05) is 62.1 Å². The fourth-order valence-electron chi connectivity index (χ4n) is 4.23. The molecule has 4 aromatic rings. The number of ether oxygens (including phenoxy) is 1. The highest BCUT2D eigenvalue weighted by atomic mass is 35.5. The maximum Gasteiger partial charge on any atom is 0.230 e. The minimum absolute atomic E-state index is 0.135. The minimum atomic E-state index is -0.135. The van der Waals surface area contributed by atoms with Crippen molar-refractivity contribution in [3.8, 4) is 17.0 Å². The molecule has 5 rings (SSSR count). The molecule has 0 radical (unpaired) electrons. The normalized spacial score (nSPS) is 14.0. The van der Waals surface area contributed by atoms with Gasteiger partial charge in [-0.25, -0.2) is 15.0 Å². The summed E-state index contributed by atoms with van der Waals surface area (Å²) in [6.07, 6.45) is 5.51. The maximum absolute atomic E-state index is 9.87. The van der Waals surface area contributed by atoms with Crippen molar-refractivity contribution in [1.82, 2.24) is 24.3 Å². The summed E-state index contributed by atoms with van der Waals surface area (Å²) in [5.74, 6) is 1.88. The number of hydrogen-bond donors (Lipinski definition) is 1. The smallest absolute Gasteiger partial charge is 0.230 e. The third kappa shape index (κ3) is 4.54. The number of methoxy groups -OCH3 is 1. The molecule has 11 heteroatoms. The number of fused-ring (bicyclic) bond motifs is 1. The van der Waals surface area contributed by atoms with Gasteiger partial charge in [-0.05, 0) is 23.8 Å². The Morgan fingerprint density at radius 2 is 1.83 bits per heavy atom. The molecule has 0 amide bonds. The Labute approximate surface area is 208 Å². The van der Waals surface area contributed by atoms with E-state index in [-0.39, 0.29) is 6.61 Å². The van der Waals surface area contributed by atoms with Gasteiger partial charge in [0, 0.05) is 70.0 Å². The van der Waals surface area contributed by atoms with Crippen molar-refractivity contribution in [2.24, 2.45) is 0 Å². The number of aliphatic hydroxyl groups is 1. The van der Waals surface area contributed by atoms with Crippen molar-refractivity contribution < 1.29 is 9.84 Å². The summed E-state index contributed by atoms with van der Waals surface area (Å²) >= 11 is 6.35. The molecule has 0 bridgehead atoms. The number of hydrogen-bond acceptors (Lipinski definition) is 9. The molecule has 0 unspecified atom stereocenters. The van der Waals surface area contributed by atoms with Crippen molar-refractivity contribution in [2.45, 2.75) is 6.61 Å². The Hall–Kier alpha value is -3.63. The number of nitrogens with zero attached hydrogens (tertiary/aromatic N) is 8. The van der Waals surface area contributed by atoms with Gasteiger partial charge in [0.25, 0.3) is 0 Å². The van der Waals surface area contributed by atoms with E-state index in [1.807, 2.05) is 35.8 Å². The first-order valence-electron chi connectivity index (χ1n) is 11.3. The first-order valence-corrected chi connectivity index (χ1v) is 11.7. The van der Waals surface area contributed by atoms with E-state index < -0.39 is 0 Å². The Kier molecular flexibility index (Phi) is 6.31. The largest absolute Gasteiger partial charge is 0.495 e. The van der Waals surface area contributed by atoms with Gasteiger partial charge in [-0.2, -0.15) is 4.98 Å². The van der Waals surface area contributed by atoms with Crippen molar-refractivity contribution >= 4 is 34.8 Å². The van der Waals surface area contributed by atoms with Gasteiger partial charge in [-0.1, -0.05) is 11.6 Å². The van der Waals surface area contributed by atoms with Crippen molar-refractivity contribution in [1.29, 1.82) is 0 Å². The zero-order valence-electron chi connectivity index (χ0n) is 19.9. The zero-order chi connectivity index (χ0) is 24.5. The molecule has 3 aromatic heterocycles. The molecule has 0 saturated carbocycles. The second kappa shape index (κ2) is 9.55. The third-order valence-electron chi connectivity index (χ3n) is 6.14. The number of benzene rings is 1. The highest BCUT2D eigenvalue weighted by Gasteiger charge is 2.21. The molecule has 1 aromatic carbocycles. The summed E-state index contributed by atoms with van der Waals surface area (Å²) in [7, 11) is 5.39. The topological polar surface area (TPSA) is 95.2 Å². The van der Waals surface area contributed by atoms with Crippen LogP contribution in [0.3, 0.4) is 0 Å². The van der Waals surface area contributed by atoms with Gasteiger partial charge in [0.1, 0.15) is 17.7 Å². The van der Waals surface area contributed by atoms with Crippen LogP contribution in [0.5, 0.6) is 5.75 Å². The van der Waals surface area contributed by atoms with Crippen LogP contribution in [0, 0.1) is 0 Å². The molecule has 1 saturated heterocycles. The number of aliphatic hydroxyl groups excluding tert-OH is 1. The number of rotatable bonds is 6. The molecular formula is C24H27ClN8O2. The van der Waals surface area contributed by atoms with Crippen LogP contribution in [0.4, 0.5) is 17.6 Å². The van der Waals surface area contributed by atoms with E-state index in [0.717, 1.165) is 48.8 Å². The first-order chi connectivity index (χ1) is 17.0. The molecule has 10 nitrogen and oxygen atoms in total. The van der Waals surface area contributed by atoms with Gasteiger partial charge in [-0.3, -0.25) is 0 Å². The Balaban J connectivity index is 1.35. The second-order valence-corrected chi connectivity index (χ2v) is 8.94. The molecule has 0 atom stereocenters. The lowest BCUT2D eigenvalue weighted by atomic mass is 10.1. The van der Waals surface area contributed by atoms with E-state index in [9.17, 15) is 5.11 Å². The summed E-state index contributed by atoms with van der Waals surface area (Å²) in [6, 6.07) is 7.71. The maximum atomic E-state index is 9.87. The van der Waals surface area contributed by atoms with Gasteiger partial charge in [0.15, 0.2) is 0 Å². The van der Waals surface area contributed by atoms with Crippen LogP contribution in [-0.4, -0.2) is 76.8 Å². The SMILES string of the molecule is COc1cc(CO)c(-c2cn3ccc(N4CCN(c5ncnc(N(C)C)n5)CC4)cc3n2)cc1Cl. The van der Waals surface area contributed by atoms with E-state index in [2.05, 4.69) is 36.9 Å². The van der Waals surface area contributed by atoms with Crippen LogP contribution in [0.2, 0.25) is 5.02 Å². The molecule has 1 aliphatic rings. The van der Waals surface area contributed by atoms with Crippen LogP contribution in [-0.2, 0) is 6.61 Å². The van der Waals surface area contributed by atoms with Gasteiger partial charge in [-0.15, -0.1) is 0 Å². The molecule has 1 aliphatic heterocycles. The van der Waals surface area contributed by atoms with E-state index in [0.29, 0.717) is 28.2 Å². The summed E-state index contributed by atoms with van der Waals surface area (Å²) in [6.45, 7) is 3.17. The standard InChI is InChI=1S/C24H27ClN8O2/c1-30(2)23-26-15-27-24(29-23)32-8-6-31(7-9-32)17-4-5-33-13-20(28-22(33)11-17)18-12-19(25)21(35-3)10-16(18)14-34/h4-5,10-13,15,34H,6-9,14H2,1-3H3. The van der Waals surface area contributed by atoms with Gasteiger partial charge < -0.3 is 28.9 Å². The quantitative estimate of drug-likeness (QED) is 0.434. The van der Waals surface area contributed by atoms with Crippen LogP contribution in [0.1, 0.15) is 5.56 Å². The van der Waals surface area contributed by atoms with Crippen LogP contribution in [0.25, 0.3) is 16.9 Å². The lowest BCUT2D eigenvalue weighted by molar-refractivity contribution is 0.281. The van der Waals surface area contributed by atoms with E-state index in [1.165, 1.54) is 0 Å². The molecule has 0 aliphatic carbocycles. The average Bonchev–Trinajstić information content (AvgIpc) is 3.32. The number of pyridine rings is 1. The Morgan fingerprint density at radius 1 is 1.06 bits per heavy atom. The number of aromatic nitrogens is 5. The molecule has 1 N–H and O–H groups in total. The number of halogens is 1. The minimum Gasteiger partial charge on any atom is -0.495 e. The van der Waals surface area contributed by atoms with Crippen LogP contribution >= 0.6 is 11.6 Å². The van der Waals surface area contributed by atoms with E-state index in [1.54, 1.807) is 25.6 Å². The average molecular weight is 495 g/mol. The molecule has 1 fully saturated rings. The van der Waals surface area contributed by atoms with Crippen molar-refractivity contribution in [3.05, 3.63) is 53.6 Å². The fraction of sp³-hybridized carbons (Fsp3) is 0.333. The highest BCUT2D eigenvalue weighted by Crippen LogP contribution is 2.34. The van der Waals surface area contributed by atoms with Crippen LogP contribution in [0.15, 0.2) is 43.0 Å². The van der Waals surface area contributed by atoms with Crippen LogP contribution < -0.4 is 19.4 Å². The highest BCUT2D eigenvalue weighted by molar-refractivity contribution is 6.32. The predicted octanol–water partition coefficient (Wildman–Crippen LogP) is 2.73. The monoisotopic (exact) mass is 494 g/mol. The number of piperazine rings is 1. The molecule has 182 valence electrons. The zero-order valence-corrected chi connectivity index (χ0v) is 20.6. The second-order valence-electron chi connectivity index (χ2n) is 8.53. The van der Waals surface area contributed by atoms with E-state index >= 15 is 0 Å². The lowest BCUT2D eigenvalue weighted by Crippen LogP contribution is -2.47. The van der Waals surface area contributed by atoms with Gasteiger partial charge in [0.05, 0.1) is 24.4 Å². The lowest BCUT2D eigenvalue weighted by Gasteiger charge is -2.36. The Morgan fingerprint density at radius 3 is 2.54 bits per heavy atom. The number of anilines is 3. The molecular weight excluding hydrogens is 468 g/mol. The first kappa shape index (κ1) is 23.1. The fourth-order valence-corrected chi connectivity index (χ4v) is 4.47. The molecule has 4 heterocycles. The molecule has 35 heavy (non-hydrogen) atoms. The van der Waals surface area contributed by atoms with Gasteiger partial charge in [0.2, 0.25) is 11.9 Å². The van der Waals surface area contributed by atoms with E-state index in [4.69, 9.17) is 21.3 Å². The Bertz CT molecular complexity index is 1350. The third-order valence-corrected chi connectivity index (χ3v) is 6.44. The summed E-state index contributed by atoms with van der Waals surface area (Å²) in [4.78, 5) is 24.3. The van der Waals surface area contributed by atoms with Crippen molar-refractivity contribution in [3.63, 3.8) is 0 Å².